The molecule has 4 heteroatoms. The van der Waals surface area contributed by atoms with Crippen molar-refractivity contribution >= 4 is 33.1 Å². The maximum atomic E-state index is 12.2. The van der Waals surface area contributed by atoms with Crippen molar-refractivity contribution in [3.8, 4) is 0 Å². The lowest BCUT2D eigenvalue weighted by Gasteiger charge is -2.17. The minimum absolute atomic E-state index is 0.167. The molecule has 1 heterocycles. The molecule has 23 heavy (non-hydrogen) atoms. The summed E-state index contributed by atoms with van der Waals surface area (Å²) in [5.41, 5.74) is 2.02. The third-order valence-electron chi connectivity index (χ3n) is 3.89. The van der Waals surface area contributed by atoms with E-state index in [9.17, 15) is 4.79 Å². The summed E-state index contributed by atoms with van der Waals surface area (Å²) in [6.45, 7) is 0. The van der Waals surface area contributed by atoms with Crippen molar-refractivity contribution in [2.75, 3.05) is 11.9 Å². The summed E-state index contributed by atoms with van der Waals surface area (Å²) in [5, 5.41) is 1.16. The van der Waals surface area contributed by atoms with E-state index in [1.54, 1.807) is 16.2 Å². The Morgan fingerprint density at radius 2 is 1.78 bits per heavy atom. The number of fused-ring (bicyclic) bond motifs is 1. The van der Waals surface area contributed by atoms with Crippen molar-refractivity contribution in [2.24, 2.45) is 0 Å². The standard InChI is InChI=1S/C19H20N2OS/c1-21(15-9-3-2-4-10-15)19(22)14-8-7-13-18-20-16-11-5-6-12-17(16)23-18/h2-6,9-12H,7-8,13-14H2,1H3. The molecule has 0 atom stereocenters. The molecule has 0 aliphatic carbocycles. The van der Waals surface area contributed by atoms with Gasteiger partial charge in [-0.3, -0.25) is 4.79 Å². The lowest BCUT2D eigenvalue weighted by molar-refractivity contribution is -0.118. The van der Waals surface area contributed by atoms with Gasteiger partial charge < -0.3 is 4.90 Å². The molecule has 0 aliphatic rings. The van der Waals surface area contributed by atoms with E-state index in [1.807, 2.05) is 55.6 Å². The predicted molar refractivity (Wildman–Crippen MR) is 97.0 cm³/mol. The van der Waals surface area contributed by atoms with Gasteiger partial charge in [0, 0.05) is 19.2 Å². The van der Waals surface area contributed by atoms with Crippen LogP contribution in [-0.4, -0.2) is 17.9 Å². The van der Waals surface area contributed by atoms with Crippen LogP contribution in [0.2, 0.25) is 0 Å². The normalized spacial score (nSPS) is 10.8. The molecule has 0 fully saturated rings. The molecule has 1 amide bonds. The summed E-state index contributed by atoms with van der Waals surface area (Å²) in [6, 6.07) is 18.0. The van der Waals surface area contributed by atoms with Crippen molar-refractivity contribution in [1.82, 2.24) is 4.98 Å². The molecular formula is C19H20N2OS. The molecule has 2 aromatic carbocycles. The van der Waals surface area contributed by atoms with Gasteiger partial charge in [-0.25, -0.2) is 4.98 Å². The molecule has 0 N–H and O–H groups in total. The molecule has 1 aromatic heterocycles. The van der Waals surface area contributed by atoms with Gasteiger partial charge in [0.1, 0.15) is 0 Å². The number of anilines is 1. The lowest BCUT2D eigenvalue weighted by atomic mass is 10.2. The van der Waals surface area contributed by atoms with E-state index in [4.69, 9.17) is 0 Å². The number of benzene rings is 2. The fraction of sp³-hybridized carbons (Fsp3) is 0.263. The average Bonchev–Trinajstić information content (AvgIpc) is 3.01. The third kappa shape index (κ3) is 3.96. The van der Waals surface area contributed by atoms with Gasteiger partial charge >= 0.3 is 0 Å². The van der Waals surface area contributed by atoms with Crippen LogP contribution in [0.1, 0.15) is 24.3 Å². The number of carbonyl (C=O) groups is 1. The first-order valence-electron chi connectivity index (χ1n) is 7.90. The summed E-state index contributed by atoms with van der Waals surface area (Å²) >= 11 is 1.75. The summed E-state index contributed by atoms with van der Waals surface area (Å²) in [7, 11) is 1.84. The van der Waals surface area contributed by atoms with Crippen LogP contribution >= 0.6 is 11.3 Å². The van der Waals surface area contributed by atoms with Gasteiger partial charge in [0.25, 0.3) is 0 Å². The van der Waals surface area contributed by atoms with Crippen LogP contribution in [0.15, 0.2) is 54.6 Å². The number of hydrogen-bond donors (Lipinski definition) is 0. The highest BCUT2D eigenvalue weighted by Crippen LogP contribution is 2.23. The van der Waals surface area contributed by atoms with E-state index in [-0.39, 0.29) is 5.91 Å². The lowest BCUT2D eigenvalue weighted by Crippen LogP contribution is -2.25. The van der Waals surface area contributed by atoms with Crippen molar-refractivity contribution in [3.63, 3.8) is 0 Å². The Morgan fingerprint density at radius 1 is 1.04 bits per heavy atom. The molecule has 3 nitrogen and oxygen atoms in total. The van der Waals surface area contributed by atoms with Crippen LogP contribution in [0, 0.1) is 0 Å². The monoisotopic (exact) mass is 324 g/mol. The van der Waals surface area contributed by atoms with E-state index in [0.29, 0.717) is 6.42 Å². The number of thiazole rings is 1. The Morgan fingerprint density at radius 3 is 2.57 bits per heavy atom. The van der Waals surface area contributed by atoms with Crippen LogP contribution in [0.5, 0.6) is 0 Å². The number of nitrogens with zero attached hydrogens (tertiary/aromatic N) is 2. The van der Waals surface area contributed by atoms with Crippen LogP contribution in [-0.2, 0) is 11.2 Å². The molecule has 3 rings (SSSR count). The van der Waals surface area contributed by atoms with Gasteiger partial charge in [-0.2, -0.15) is 0 Å². The van der Waals surface area contributed by atoms with E-state index in [2.05, 4.69) is 11.1 Å². The molecule has 0 aliphatic heterocycles. The van der Waals surface area contributed by atoms with E-state index >= 15 is 0 Å². The second-order valence-electron chi connectivity index (χ2n) is 5.57. The molecule has 0 spiro atoms. The summed E-state index contributed by atoms with van der Waals surface area (Å²) < 4.78 is 1.24. The molecule has 3 aromatic rings. The molecule has 0 bridgehead atoms. The number of rotatable bonds is 6. The minimum Gasteiger partial charge on any atom is -0.316 e. The second-order valence-corrected chi connectivity index (χ2v) is 6.69. The Balaban J connectivity index is 1.47. The minimum atomic E-state index is 0.167. The number of para-hydroxylation sites is 2. The number of amides is 1. The summed E-state index contributed by atoms with van der Waals surface area (Å²) in [6.07, 6.45) is 3.41. The Kier molecular flexibility index (Phi) is 5.03. The molecule has 0 radical (unpaired) electrons. The fourth-order valence-electron chi connectivity index (χ4n) is 2.54. The first kappa shape index (κ1) is 15.7. The number of aromatic nitrogens is 1. The van der Waals surface area contributed by atoms with Crippen LogP contribution in [0.4, 0.5) is 5.69 Å². The number of aryl methyl sites for hydroxylation is 1. The zero-order chi connectivity index (χ0) is 16.1. The molecular weight excluding hydrogens is 304 g/mol. The van der Waals surface area contributed by atoms with Crippen LogP contribution < -0.4 is 4.90 Å². The van der Waals surface area contributed by atoms with Gasteiger partial charge in [0.05, 0.1) is 15.2 Å². The zero-order valence-corrected chi connectivity index (χ0v) is 14.1. The highest BCUT2D eigenvalue weighted by atomic mass is 32.1. The van der Waals surface area contributed by atoms with E-state index in [1.165, 1.54) is 4.70 Å². The highest BCUT2D eigenvalue weighted by molar-refractivity contribution is 7.18. The average molecular weight is 324 g/mol. The summed E-state index contributed by atoms with van der Waals surface area (Å²) in [5.74, 6) is 0.167. The largest absolute Gasteiger partial charge is 0.316 e. The Labute approximate surface area is 140 Å². The van der Waals surface area contributed by atoms with Gasteiger partial charge in [-0.05, 0) is 43.5 Å². The molecule has 0 saturated heterocycles. The van der Waals surface area contributed by atoms with Crippen molar-refractivity contribution in [3.05, 3.63) is 59.6 Å². The quantitative estimate of drug-likeness (QED) is 0.617. The first-order chi connectivity index (χ1) is 11.2. The van der Waals surface area contributed by atoms with Gasteiger partial charge in [-0.15, -0.1) is 11.3 Å². The molecule has 0 saturated carbocycles. The van der Waals surface area contributed by atoms with Gasteiger partial charge in [-0.1, -0.05) is 30.3 Å². The number of unbranched alkanes of at least 4 members (excludes halogenated alkanes) is 1. The van der Waals surface area contributed by atoms with Gasteiger partial charge in [0.2, 0.25) is 5.91 Å². The predicted octanol–water partition coefficient (Wildman–Crippen LogP) is 4.67. The molecule has 118 valence electrons. The maximum Gasteiger partial charge on any atom is 0.226 e. The number of hydrogen-bond acceptors (Lipinski definition) is 3. The first-order valence-corrected chi connectivity index (χ1v) is 8.72. The molecule has 0 unspecified atom stereocenters. The van der Waals surface area contributed by atoms with Crippen molar-refractivity contribution < 1.29 is 4.79 Å². The van der Waals surface area contributed by atoms with Crippen LogP contribution in [0.3, 0.4) is 0 Å². The Hall–Kier alpha value is -2.20. The van der Waals surface area contributed by atoms with Crippen molar-refractivity contribution in [2.45, 2.75) is 25.7 Å². The number of carbonyl (C=O) groups excluding carboxylic acids is 1. The summed E-state index contributed by atoms with van der Waals surface area (Å²) in [4.78, 5) is 18.6. The van der Waals surface area contributed by atoms with Gasteiger partial charge in [0.15, 0.2) is 0 Å². The smallest absolute Gasteiger partial charge is 0.226 e. The van der Waals surface area contributed by atoms with Crippen LogP contribution in [0.25, 0.3) is 10.2 Å². The topological polar surface area (TPSA) is 33.2 Å². The van der Waals surface area contributed by atoms with E-state index < -0.39 is 0 Å². The second kappa shape index (κ2) is 7.38. The van der Waals surface area contributed by atoms with E-state index in [0.717, 1.165) is 35.5 Å². The SMILES string of the molecule is CN(C(=O)CCCCc1nc2ccccc2s1)c1ccccc1. The maximum absolute atomic E-state index is 12.2. The fourth-order valence-corrected chi connectivity index (χ4v) is 3.55. The zero-order valence-electron chi connectivity index (χ0n) is 13.2. The highest BCUT2D eigenvalue weighted by Gasteiger charge is 2.10. The third-order valence-corrected chi connectivity index (χ3v) is 4.98. The Bertz CT molecular complexity index is 749. The van der Waals surface area contributed by atoms with Crippen molar-refractivity contribution in [1.29, 1.82) is 0 Å².